The number of anilines is 2. The minimum absolute atomic E-state index is 0.291. The molecule has 22 heavy (non-hydrogen) atoms. The highest BCUT2D eigenvalue weighted by Gasteiger charge is 2.27. The lowest BCUT2D eigenvalue weighted by molar-refractivity contribution is 0.0240. The van der Waals surface area contributed by atoms with Crippen molar-refractivity contribution in [3.63, 3.8) is 0 Å². The Balaban J connectivity index is 1.99. The molecule has 8 nitrogen and oxygen atoms in total. The van der Waals surface area contributed by atoms with Crippen molar-refractivity contribution in [1.82, 2.24) is 14.9 Å². The third-order valence-electron chi connectivity index (χ3n) is 3.25. The van der Waals surface area contributed by atoms with Crippen LogP contribution in [-0.4, -0.2) is 59.9 Å². The predicted octanol–water partition coefficient (Wildman–Crippen LogP) is 1.12. The van der Waals surface area contributed by atoms with Crippen molar-refractivity contribution in [1.29, 1.82) is 0 Å². The molecule has 1 aromatic heterocycles. The van der Waals surface area contributed by atoms with Gasteiger partial charge in [-0.2, -0.15) is 4.98 Å². The van der Waals surface area contributed by atoms with Crippen LogP contribution in [0.15, 0.2) is 6.33 Å². The summed E-state index contributed by atoms with van der Waals surface area (Å²) in [6.45, 7) is 7.94. The SMILES string of the molecule is COc1ncnc(N2CCN(C(=O)OC(C)(C)C)CC2)c1N. The second kappa shape index (κ2) is 6.25. The van der Waals surface area contributed by atoms with E-state index in [0.717, 1.165) is 0 Å². The average molecular weight is 309 g/mol. The van der Waals surface area contributed by atoms with Crippen LogP contribution in [-0.2, 0) is 4.74 Å². The highest BCUT2D eigenvalue weighted by molar-refractivity contribution is 5.70. The van der Waals surface area contributed by atoms with Crippen molar-refractivity contribution in [2.75, 3.05) is 43.9 Å². The maximum atomic E-state index is 12.0. The van der Waals surface area contributed by atoms with Gasteiger partial charge in [0.1, 0.15) is 17.6 Å². The van der Waals surface area contributed by atoms with Crippen LogP contribution in [0, 0.1) is 0 Å². The first kappa shape index (κ1) is 16.1. The predicted molar refractivity (Wildman–Crippen MR) is 83.0 cm³/mol. The van der Waals surface area contributed by atoms with Crippen molar-refractivity contribution < 1.29 is 14.3 Å². The van der Waals surface area contributed by atoms with Crippen LogP contribution in [0.25, 0.3) is 0 Å². The molecule has 1 fully saturated rings. The molecule has 1 aliphatic rings. The Morgan fingerprint density at radius 2 is 1.86 bits per heavy atom. The molecule has 2 rings (SSSR count). The number of ether oxygens (including phenoxy) is 2. The van der Waals surface area contributed by atoms with E-state index in [1.807, 2.05) is 25.7 Å². The van der Waals surface area contributed by atoms with Gasteiger partial charge in [-0.25, -0.2) is 9.78 Å². The number of piperazine rings is 1. The zero-order valence-corrected chi connectivity index (χ0v) is 13.5. The Labute approximate surface area is 130 Å². The third kappa shape index (κ3) is 3.69. The third-order valence-corrected chi connectivity index (χ3v) is 3.25. The van der Waals surface area contributed by atoms with Crippen molar-refractivity contribution in [3.8, 4) is 5.88 Å². The molecule has 0 bridgehead atoms. The van der Waals surface area contributed by atoms with Crippen LogP contribution in [0.4, 0.5) is 16.3 Å². The second-order valence-electron chi connectivity index (χ2n) is 6.07. The second-order valence-corrected chi connectivity index (χ2v) is 6.07. The first-order chi connectivity index (χ1) is 10.3. The van der Waals surface area contributed by atoms with Gasteiger partial charge >= 0.3 is 6.09 Å². The number of aromatic nitrogens is 2. The minimum Gasteiger partial charge on any atom is -0.479 e. The quantitative estimate of drug-likeness (QED) is 0.875. The number of hydrogen-bond donors (Lipinski definition) is 1. The van der Waals surface area contributed by atoms with Crippen molar-refractivity contribution in [2.45, 2.75) is 26.4 Å². The molecule has 0 saturated carbocycles. The smallest absolute Gasteiger partial charge is 0.410 e. The Morgan fingerprint density at radius 3 is 2.41 bits per heavy atom. The van der Waals surface area contributed by atoms with E-state index in [-0.39, 0.29) is 6.09 Å². The van der Waals surface area contributed by atoms with Gasteiger partial charge in [0.15, 0.2) is 5.82 Å². The highest BCUT2D eigenvalue weighted by Crippen LogP contribution is 2.28. The van der Waals surface area contributed by atoms with Gasteiger partial charge in [0, 0.05) is 26.2 Å². The average Bonchev–Trinajstić information content (AvgIpc) is 2.46. The van der Waals surface area contributed by atoms with Gasteiger partial charge in [-0.3, -0.25) is 0 Å². The van der Waals surface area contributed by atoms with Gasteiger partial charge in [0.2, 0.25) is 5.88 Å². The lowest BCUT2D eigenvalue weighted by atomic mass is 10.2. The van der Waals surface area contributed by atoms with Crippen LogP contribution in [0.5, 0.6) is 5.88 Å². The molecule has 1 saturated heterocycles. The zero-order valence-electron chi connectivity index (χ0n) is 13.5. The highest BCUT2D eigenvalue weighted by atomic mass is 16.6. The van der Waals surface area contributed by atoms with Crippen LogP contribution in [0.1, 0.15) is 20.8 Å². The van der Waals surface area contributed by atoms with Gasteiger partial charge in [-0.05, 0) is 20.8 Å². The number of carbonyl (C=O) groups is 1. The summed E-state index contributed by atoms with van der Waals surface area (Å²) in [7, 11) is 1.52. The van der Waals surface area contributed by atoms with Gasteiger partial charge in [0.25, 0.3) is 0 Å². The number of nitrogens with zero attached hydrogens (tertiary/aromatic N) is 4. The molecule has 1 amide bonds. The van der Waals surface area contributed by atoms with Crippen LogP contribution < -0.4 is 15.4 Å². The fourth-order valence-electron chi connectivity index (χ4n) is 2.21. The molecular formula is C14H23N5O3. The molecule has 0 radical (unpaired) electrons. The van der Waals surface area contributed by atoms with Crippen LogP contribution >= 0.6 is 0 Å². The summed E-state index contributed by atoms with van der Waals surface area (Å²) >= 11 is 0. The summed E-state index contributed by atoms with van der Waals surface area (Å²) in [4.78, 5) is 23.9. The molecule has 0 atom stereocenters. The molecule has 1 aliphatic heterocycles. The maximum absolute atomic E-state index is 12.0. The molecule has 1 aromatic rings. The Morgan fingerprint density at radius 1 is 1.23 bits per heavy atom. The number of nitrogens with two attached hydrogens (primary N) is 1. The lowest BCUT2D eigenvalue weighted by Gasteiger charge is -2.36. The van der Waals surface area contributed by atoms with E-state index < -0.39 is 5.60 Å². The van der Waals surface area contributed by atoms with E-state index in [9.17, 15) is 4.79 Å². The number of rotatable bonds is 2. The number of nitrogen functional groups attached to an aromatic ring is 1. The lowest BCUT2D eigenvalue weighted by Crippen LogP contribution is -2.50. The molecular weight excluding hydrogens is 286 g/mol. The van der Waals surface area contributed by atoms with Crippen molar-refractivity contribution >= 4 is 17.6 Å². The molecule has 122 valence electrons. The van der Waals surface area contributed by atoms with Crippen molar-refractivity contribution in [3.05, 3.63) is 6.33 Å². The first-order valence-corrected chi connectivity index (χ1v) is 7.19. The largest absolute Gasteiger partial charge is 0.479 e. The summed E-state index contributed by atoms with van der Waals surface area (Å²) in [5.41, 5.74) is 5.93. The van der Waals surface area contributed by atoms with E-state index in [1.54, 1.807) is 4.90 Å². The summed E-state index contributed by atoms with van der Waals surface area (Å²) in [5, 5.41) is 0. The van der Waals surface area contributed by atoms with Gasteiger partial charge < -0.3 is 25.0 Å². The summed E-state index contributed by atoms with van der Waals surface area (Å²) in [6, 6.07) is 0. The fourth-order valence-corrected chi connectivity index (χ4v) is 2.21. The first-order valence-electron chi connectivity index (χ1n) is 7.19. The molecule has 0 aromatic carbocycles. The fraction of sp³-hybridized carbons (Fsp3) is 0.643. The van der Waals surface area contributed by atoms with Crippen LogP contribution in [0.3, 0.4) is 0 Å². The van der Waals surface area contributed by atoms with E-state index in [2.05, 4.69) is 9.97 Å². The van der Waals surface area contributed by atoms with Crippen molar-refractivity contribution in [2.24, 2.45) is 0 Å². The molecule has 2 heterocycles. The molecule has 8 heteroatoms. The zero-order chi connectivity index (χ0) is 16.3. The Kier molecular flexibility index (Phi) is 4.58. The van der Waals surface area contributed by atoms with E-state index >= 15 is 0 Å². The van der Waals surface area contributed by atoms with E-state index in [1.165, 1.54) is 13.4 Å². The monoisotopic (exact) mass is 309 g/mol. The number of hydrogen-bond acceptors (Lipinski definition) is 7. The van der Waals surface area contributed by atoms with Gasteiger partial charge in [-0.1, -0.05) is 0 Å². The Hall–Kier alpha value is -2.25. The summed E-state index contributed by atoms with van der Waals surface area (Å²) in [5.74, 6) is 0.996. The molecule has 0 spiro atoms. The Bertz CT molecular complexity index is 536. The molecule has 0 aliphatic carbocycles. The summed E-state index contributed by atoms with van der Waals surface area (Å²) in [6.07, 6.45) is 1.13. The number of methoxy groups -OCH3 is 1. The van der Waals surface area contributed by atoms with Gasteiger partial charge in [0.05, 0.1) is 7.11 Å². The van der Waals surface area contributed by atoms with E-state index in [4.69, 9.17) is 15.2 Å². The number of carbonyl (C=O) groups excluding carboxylic acids is 1. The summed E-state index contributed by atoms with van der Waals surface area (Å²) < 4.78 is 10.5. The van der Waals surface area contributed by atoms with Crippen LogP contribution in [0.2, 0.25) is 0 Å². The normalized spacial score (nSPS) is 15.6. The van der Waals surface area contributed by atoms with E-state index in [0.29, 0.717) is 43.6 Å². The number of amides is 1. The topological polar surface area (TPSA) is 93.8 Å². The minimum atomic E-state index is -0.487. The maximum Gasteiger partial charge on any atom is 0.410 e. The standard InChI is InChI=1S/C14H23N5O3/c1-14(2,3)22-13(20)19-7-5-18(6-8-19)11-10(15)12(21-4)17-9-16-11/h9H,5-8,15H2,1-4H3. The molecule has 0 unspecified atom stereocenters. The molecule has 2 N–H and O–H groups in total. The van der Waals surface area contributed by atoms with Gasteiger partial charge in [-0.15, -0.1) is 0 Å².